The number of hydrogen-bond donors (Lipinski definition) is 1. The molecule has 1 aliphatic carbocycles. The van der Waals surface area contributed by atoms with Crippen molar-refractivity contribution in [3.8, 4) is 10.7 Å². The molecule has 11 nitrogen and oxygen atoms in total. The van der Waals surface area contributed by atoms with E-state index in [1.54, 1.807) is 22.5 Å². The number of aromatic nitrogens is 3. The molecule has 5 rings (SSSR count). The molecule has 0 aromatic carbocycles. The summed E-state index contributed by atoms with van der Waals surface area (Å²) in [5, 5.41) is 8.83. The van der Waals surface area contributed by atoms with Gasteiger partial charge in [0.1, 0.15) is 10.3 Å². The van der Waals surface area contributed by atoms with Crippen LogP contribution in [0.2, 0.25) is 0 Å². The molecule has 3 aromatic rings. The smallest absolute Gasteiger partial charge is 0.253 e. The Labute approximate surface area is 216 Å². The molecule has 1 saturated heterocycles. The summed E-state index contributed by atoms with van der Waals surface area (Å²) in [6.07, 6.45) is 8.86. The van der Waals surface area contributed by atoms with E-state index in [4.69, 9.17) is 4.52 Å². The molecular formula is C22H26N6O5S3. The second-order valence-electron chi connectivity index (χ2n) is 8.88. The predicted molar refractivity (Wildman–Crippen MR) is 134 cm³/mol. The third kappa shape index (κ3) is 5.36. The molecule has 14 heteroatoms. The Kier molecular flexibility index (Phi) is 7.46. The topological polar surface area (TPSA) is 139 Å². The average Bonchev–Trinajstić information content (AvgIpc) is 3.66. The van der Waals surface area contributed by atoms with Crippen LogP contribution >= 0.6 is 22.7 Å². The van der Waals surface area contributed by atoms with Gasteiger partial charge < -0.3 is 14.7 Å². The van der Waals surface area contributed by atoms with Crippen molar-refractivity contribution >= 4 is 49.6 Å². The van der Waals surface area contributed by atoms with Gasteiger partial charge in [0.15, 0.2) is 5.13 Å². The van der Waals surface area contributed by atoms with Gasteiger partial charge >= 0.3 is 0 Å². The quantitative estimate of drug-likeness (QED) is 0.452. The fourth-order valence-electron chi connectivity index (χ4n) is 4.77. The number of amides is 2. The number of anilines is 1. The van der Waals surface area contributed by atoms with Crippen LogP contribution in [0.3, 0.4) is 0 Å². The van der Waals surface area contributed by atoms with E-state index in [1.165, 1.54) is 34.5 Å². The number of nitrogens with one attached hydrogen (secondary N) is 1. The number of piperazine rings is 1. The molecule has 1 N–H and O–H groups in total. The summed E-state index contributed by atoms with van der Waals surface area (Å²) in [5.41, 5.74) is 0. The number of thiazole rings is 1. The largest absolute Gasteiger partial charge is 0.342 e. The van der Waals surface area contributed by atoms with Gasteiger partial charge in [0.05, 0.1) is 11.4 Å². The van der Waals surface area contributed by atoms with Crippen LogP contribution in [0.4, 0.5) is 5.13 Å². The van der Waals surface area contributed by atoms with Gasteiger partial charge in [-0.15, -0.1) is 22.7 Å². The summed E-state index contributed by atoms with van der Waals surface area (Å²) in [6.45, 7) is -0.0670. The predicted octanol–water partition coefficient (Wildman–Crippen LogP) is 3.07. The van der Waals surface area contributed by atoms with Gasteiger partial charge in [-0.05, 0) is 24.5 Å². The van der Waals surface area contributed by atoms with Crippen molar-refractivity contribution in [3.63, 3.8) is 0 Å². The lowest BCUT2D eigenvalue weighted by atomic mass is 9.84. The minimum Gasteiger partial charge on any atom is -0.342 e. The van der Waals surface area contributed by atoms with Gasteiger partial charge in [-0.1, -0.05) is 37.3 Å². The van der Waals surface area contributed by atoms with E-state index in [1.807, 2.05) is 0 Å². The van der Waals surface area contributed by atoms with Gasteiger partial charge in [0, 0.05) is 24.7 Å². The SMILES string of the molecule is O=C(Nc1nccs1)C(CC1CCCCC1)N1CCN(S(=O)(=O)c2ccc(-c3ncon3)s2)CC1=O. The Hall–Kier alpha value is -2.68. The Morgan fingerprint density at radius 2 is 2.03 bits per heavy atom. The molecule has 2 amide bonds. The highest BCUT2D eigenvalue weighted by atomic mass is 32.2. The van der Waals surface area contributed by atoms with Gasteiger partial charge in [0.25, 0.3) is 10.0 Å². The van der Waals surface area contributed by atoms with Crippen LogP contribution in [0, 0.1) is 5.92 Å². The van der Waals surface area contributed by atoms with Crippen molar-refractivity contribution in [2.24, 2.45) is 5.92 Å². The maximum Gasteiger partial charge on any atom is 0.253 e. The zero-order valence-corrected chi connectivity index (χ0v) is 21.9. The molecule has 3 aromatic heterocycles. The van der Waals surface area contributed by atoms with Crippen molar-refractivity contribution in [1.29, 1.82) is 0 Å². The molecule has 36 heavy (non-hydrogen) atoms. The summed E-state index contributed by atoms with van der Waals surface area (Å²) in [5.74, 6) is 0.00671. The average molecular weight is 551 g/mol. The lowest BCUT2D eigenvalue weighted by molar-refractivity contribution is -0.142. The molecule has 1 saturated carbocycles. The van der Waals surface area contributed by atoms with Crippen LogP contribution in [0.1, 0.15) is 38.5 Å². The molecule has 1 aliphatic heterocycles. The van der Waals surface area contributed by atoms with E-state index < -0.39 is 16.1 Å². The Morgan fingerprint density at radius 3 is 2.72 bits per heavy atom. The summed E-state index contributed by atoms with van der Waals surface area (Å²) in [6, 6.07) is 2.43. The van der Waals surface area contributed by atoms with Crippen LogP contribution < -0.4 is 5.32 Å². The molecule has 0 bridgehead atoms. The summed E-state index contributed by atoms with van der Waals surface area (Å²) in [7, 11) is -3.89. The van der Waals surface area contributed by atoms with E-state index in [2.05, 4.69) is 20.4 Å². The summed E-state index contributed by atoms with van der Waals surface area (Å²) >= 11 is 2.34. The second-order valence-corrected chi connectivity index (χ2v) is 13.0. The number of rotatable bonds is 8. The van der Waals surface area contributed by atoms with E-state index in [9.17, 15) is 18.0 Å². The fraction of sp³-hybridized carbons (Fsp3) is 0.500. The highest BCUT2D eigenvalue weighted by Gasteiger charge is 2.39. The normalized spacial score (nSPS) is 18.9. The Morgan fingerprint density at radius 1 is 1.19 bits per heavy atom. The minimum absolute atomic E-state index is 0.101. The molecule has 192 valence electrons. The van der Waals surface area contributed by atoms with Crippen molar-refractivity contribution in [2.45, 2.75) is 48.8 Å². The lowest BCUT2D eigenvalue weighted by Crippen LogP contribution is -2.58. The standard InChI is InChI=1S/C22H26N6O5S3/c29-18-13-27(36(31,32)19-7-6-17(35-19)20-24-14-33-26-20)9-10-28(18)16(12-15-4-2-1-3-5-15)21(30)25-22-23-8-11-34-22/h6-8,11,14-16H,1-5,9-10,12-13H2,(H,23,25,30). The number of carbonyl (C=O) groups is 2. The van der Waals surface area contributed by atoms with Crippen molar-refractivity contribution < 1.29 is 22.5 Å². The summed E-state index contributed by atoms with van der Waals surface area (Å²) < 4.78 is 32.5. The highest BCUT2D eigenvalue weighted by molar-refractivity contribution is 7.91. The van der Waals surface area contributed by atoms with E-state index in [0.717, 1.165) is 37.0 Å². The molecular weight excluding hydrogens is 524 g/mol. The van der Waals surface area contributed by atoms with Crippen LogP contribution in [0.25, 0.3) is 10.7 Å². The maximum absolute atomic E-state index is 13.3. The van der Waals surface area contributed by atoms with Crippen molar-refractivity contribution in [3.05, 3.63) is 30.1 Å². The molecule has 0 radical (unpaired) electrons. The minimum atomic E-state index is -3.89. The first kappa shape index (κ1) is 25.0. The first-order valence-electron chi connectivity index (χ1n) is 11.8. The van der Waals surface area contributed by atoms with Crippen LogP contribution in [-0.4, -0.2) is 70.2 Å². The summed E-state index contributed by atoms with van der Waals surface area (Å²) in [4.78, 5) is 36.7. The zero-order chi connectivity index (χ0) is 25.1. The van der Waals surface area contributed by atoms with Crippen LogP contribution in [0.5, 0.6) is 0 Å². The van der Waals surface area contributed by atoms with E-state index in [0.29, 0.717) is 28.2 Å². The van der Waals surface area contributed by atoms with Crippen LogP contribution in [0.15, 0.2) is 38.8 Å². The van der Waals surface area contributed by atoms with E-state index in [-0.39, 0.29) is 35.7 Å². The Bertz CT molecular complexity index is 1290. The van der Waals surface area contributed by atoms with Gasteiger partial charge in [-0.3, -0.25) is 9.59 Å². The highest BCUT2D eigenvalue weighted by Crippen LogP contribution is 2.33. The number of sulfonamides is 1. The first-order valence-corrected chi connectivity index (χ1v) is 14.9. The lowest BCUT2D eigenvalue weighted by Gasteiger charge is -2.39. The molecule has 2 fully saturated rings. The molecule has 0 spiro atoms. The Balaban J connectivity index is 1.30. The zero-order valence-electron chi connectivity index (χ0n) is 19.4. The molecule has 2 aliphatic rings. The van der Waals surface area contributed by atoms with Crippen molar-refractivity contribution in [2.75, 3.05) is 25.0 Å². The fourth-order valence-corrected chi connectivity index (χ4v) is 8.08. The maximum atomic E-state index is 13.3. The number of hydrogen-bond acceptors (Lipinski definition) is 10. The molecule has 1 unspecified atom stereocenters. The monoisotopic (exact) mass is 550 g/mol. The number of thiophene rings is 1. The number of carbonyl (C=O) groups excluding carboxylic acids is 2. The molecule has 1 atom stereocenters. The third-order valence-electron chi connectivity index (χ3n) is 6.60. The van der Waals surface area contributed by atoms with E-state index >= 15 is 0 Å². The third-order valence-corrected chi connectivity index (χ3v) is 10.7. The van der Waals surface area contributed by atoms with Gasteiger partial charge in [-0.25, -0.2) is 13.4 Å². The molecule has 4 heterocycles. The van der Waals surface area contributed by atoms with Gasteiger partial charge in [0.2, 0.25) is 24.0 Å². The van der Waals surface area contributed by atoms with Crippen molar-refractivity contribution in [1.82, 2.24) is 24.3 Å². The van der Waals surface area contributed by atoms with Gasteiger partial charge in [-0.2, -0.15) is 9.29 Å². The van der Waals surface area contributed by atoms with Crippen LogP contribution in [-0.2, 0) is 19.6 Å². The number of nitrogens with zero attached hydrogens (tertiary/aromatic N) is 5. The first-order chi connectivity index (χ1) is 17.4. The second kappa shape index (κ2) is 10.7.